The predicted molar refractivity (Wildman–Crippen MR) is 50.3 cm³/mol. The van der Waals surface area contributed by atoms with Crippen molar-refractivity contribution in [2.45, 2.75) is 5.92 Å². The van der Waals surface area contributed by atoms with Gasteiger partial charge in [0.1, 0.15) is 6.61 Å². The number of anilines is 1. The molecule has 0 amide bonds. The number of aliphatic hydroxyl groups is 1. The lowest BCUT2D eigenvalue weighted by atomic mass is 10.4. The topological polar surface area (TPSA) is 45.1 Å². The zero-order valence-electron chi connectivity index (χ0n) is 6.43. The maximum Gasteiger partial charge on any atom is 0.287 e. The largest absolute Gasteiger partial charge is 0.390 e. The van der Waals surface area contributed by atoms with Crippen LogP contribution in [0.5, 0.6) is 0 Å². The Hall–Kier alpha value is -0.270. The van der Waals surface area contributed by atoms with E-state index in [4.69, 9.17) is 5.11 Å². The van der Waals surface area contributed by atoms with Gasteiger partial charge in [0, 0.05) is 0 Å². The van der Waals surface area contributed by atoms with Crippen LogP contribution < -0.4 is 5.32 Å². The first-order chi connectivity index (χ1) is 6.03. The molecule has 0 spiro atoms. The van der Waals surface area contributed by atoms with Gasteiger partial charge in [0.2, 0.25) is 0 Å². The summed E-state index contributed by atoms with van der Waals surface area (Å²) in [6.07, 6.45) is 1.52. The molecule has 0 radical (unpaired) electrons. The minimum absolute atomic E-state index is 0.403. The van der Waals surface area contributed by atoms with E-state index in [2.05, 4.69) is 26.2 Å². The number of nitrogens with zero attached hydrogens (tertiary/aromatic N) is 1. The Morgan fingerprint density at radius 1 is 1.69 bits per heavy atom. The summed E-state index contributed by atoms with van der Waals surface area (Å²) in [6.45, 7) is -1.77. The lowest BCUT2D eigenvalue weighted by Gasteiger charge is -2.12. The maximum atomic E-state index is 12.5. The van der Waals surface area contributed by atoms with Crippen molar-refractivity contribution >= 4 is 32.4 Å². The Labute approximate surface area is 85.9 Å². The molecule has 0 aromatic carbocycles. The first kappa shape index (κ1) is 10.8. The molecule has 1 aromatic heterocycles. The van der Waals surface area contributed by atoms with Gasteiger partial charge in [0.25, 0.3) is 5.92 Å². The van der Waals surface area contributed by atoms with Crippen LogP contribution in [0.2, 0.25) is 0 Å². The van der Waals surface area contributed by atoms with E-state index in [-0.39, 0.29) is 0 Å². The van der Waals surface area contributed by atoms with Crippen LogP contribution in [0.3, 0.4) is 0 Å². The lowest BCUT2D eigenvalue weighted by molar-refractivity contribution is -0.0372. The third kappa shape index (κ3) is 3.53. The SMILES string of the molecule is OCC(F)(F)CNc1ncc(Br)s1. The molecular weight excluding hydrogens is 266 g/mol. The molecule has 13 heavy (non-hydrogen) atoms. The first-order valence-corrected chi connectivity index (χ1v) is 4.98. The second-order valence-corrected chi connectivity index (χ2v) is 4.75. The highest BCUT2D eigenvalue weighted by atomic mass is 79.9. The highest BCUT2D eigenvalue weighted by Crippen LogP contribution is 2.24. The molecule has 1 heterocycles. The Kier molecular flexibility index (Phi) is 3.57. The van der Waals surface area contributed by atoms with Gasteiger partial charge >= 0.3 is 0 Å². The second-order valence-electron chi connectivity index (χ2n) is 2.34. The number of nitrogens with one attached hydrogen (secondary N) is 1. The number of aromatic nitrogens is 1. The Morgan fingerprint density at radius 2 is 2.38 bits per heavy atom. The molecule has 0 aliphatic carbocycles. The monoisotopic (exact) mass is 272 g/mol. The van der Waals surface area contributed by atoms with Crippen molar-refractivity contribution in [1.29, 1.82) is 0 Å². The van der Waals surface area contributed by atoms with Crippen molar-refractivity contribution in [2.24, 2.45) is 0 Å². The van der Waals surface area contributed by atoms with Gasteiger partial charge in [0.05, 0.1) is 16.5 Å². The van der Waals surface area contributed by atoms with Crippen LogP contribution >= 0.6 is 27.3 Å². The van der Waals surface area contributed by atoms with Crippen LogP contribution in [-0.2, 0) is 0 Å². The van der Waals surface area contributed by atoms with Crippen LogP contribution in [0.4, 0.5) is 13.9 Å². The van der Waals surface area contributed by atoms with Crippen molar-refractivity contribution < 1.29 is 13.9 Å². The summed E-state index contributed by atoms with van der Waals surface area (Å²) >= 11 is 4.37. The molecule has 0 saturated carbocycles. The summed E-state index contributed by atoms with van der Waals surface area (Å²) in [6, 6.07) is 0. The summed E-state index contributed by atoms with van der Waals surface area (Å²) in [4.78, 5) is 3.80. The molecule has 7 heteroatoms. The summed E-state index contributed by atoms with van der Waals surface area (Å²) < 4.78 is 25.8. The third-order valence-electron chi connectivity index (χ3n) is 1.21. The smallest absolute Gasteiger partial charge is 0.287 e. The predicted octanol–water partition coefficient (Wildman–Crippen LogP) is 1.95. The van der Waals surface area contributed by atoms with E-state index in [1.807, 2.05) is 0 Å². The number of halogens is 3. The average Bonchev–Trinajstić information content (AvgIpc) is 2.48. The van der Waals surface area contributed by atoms with Gasteiger partial charge in [-0.15, -0.1) is 0 Å². The minimum Gasteiger partial charge on any atom is -0.390 e. The lowest BCUT2D eigenvalue weighted by Crippen LogP contribution is -2.30. The van der Waals surface area contributed by atoms with Crippen molar-refractivity contribution in [3.05, 3.63) is 9.98 Å². The highest BCUT2D eigenvalue weighted by Gasteiger charge is 2.27. The van der Waals surface area contributed by atoms with E-state index in [1.165, 1.54) is 17.5 Å². The van der Waals surface area contributed by atoms with Gasteiger partial charge in [-0.3, -0.25) is 0 Å². The molecule has 1 aromatic rings. The molecule has 0 bridgehead atoms. The van der Waals surface area contributed by atoms with Crippen molar-refractivity contribution in [1.82, 2.24) is 4.98 Å². The second kappa shape index (κ2) is 4.30. The quantitative estimate of drug-likeness (QED) is 0.881. The van der Waals surface area contributed by atoms with E-state index in [1.54, 1.807) is 0 Å². The highest BCUT2D eigenvalue weighted by molar-refractivity contribution is 9.11. The maximum absolute atomic E-state index is 12.5. The Morgan fingerprint density at radius 3 is 2.85 bits per heavy atom. The molecule has 0 saturated heterocycles. The van der Waals surface area contributed by atoms with Gasteiger partial charge in [-0.2, -0.15) is 0 Å². The summed E-state index contributed by atoms with van der Waals surface area (Å²) in [5.74, 6) is -3.10. The zero-order chi connectivity index (χ0) is 9.90. The molecule has 0 unspecified atom stereocenters. The summed E-state index contributed by atoms with van der Waals surface area (Å²) in [5, 5.41) is 11.1. The number of alkyl halides is 2. The van der Waals surface area contributed by atoms with E-state index >= 15 is 0 Å². The van der Waals surface area contributed by atoms with Crippen LogP contribution in [-0.4, -0.2) is 29.2 Å². The summed E-state index contributed by atoms with van der Waals surface area (Å²) in [5.41, 5.74) is 0. The number of thiazole rings is 1. The van der Waals surface area contributed by atoms with Crippen molar-refractivity contribution in [3.8, 4) is 0 Å². The molecule has 1 rings (SSSR count). The Bertz CT molecular complexity index is 281. The van der Waals surface area contributed by atoms with Gasteiger partial charge in [-0.05, 0) is 15.9 Å². The van der Waals surface area contributed by atoms with Crippen LogP contribution in [0.1, 0.15) is 0 Å². The minimum atomic E-state index is -3.10. The molecule has 74 valence electrons. The molecule has 0 atom stereocenters. The van der Waals surface area contributed by atoms with Crippen LogP contribution in [0, 0.1) is 0 Å². The van der Waals surface area contributed by atoms with Crippen LogP contribution in [0.25, 0.3) is 0 Å². The zero-order valence-corrected chi connectivity index (χ0v) is 8.83. The van der Waals surface area contributed by atoms with E-state index < -0.39 is 19.1 Å². The molecular formula is C6H7BrF2N2OS. The third-order valence-corrected chi connectivity index (χ3v) is 2.64. The van der Waals surface area contributed by atoms with Gasteiger partial charge in [-0.25, -0.2) is 13.8 Å². The fourth-order valence-electron chi connectivity index (χ4n) is 0.597. The molecule has 0 aliphatic rings. The van der Waals surface area contributed by atoms with Gasteiger partial charge < -0.3 is 10.4 Å². The number of hydrogen-bond acceptors (Lipinski definition) is 4. The number of rotatable bonds is 4. The fourth-order valence-corrected chi connectivity index (χ4v) is 1.70. The van der Waals surface area contributed by atoms with E-state index in [9.17, 15) is 8.78 Å². The normalized spacial score (nSPS) is 11.7. The molecule has 2 N–H and O–H groups in total. The van der Waals surface area contributed by atoms with Crippen LogP contribution in [0.15, 0.2) is 9.98 Å². The van der Waals surface area contributed by atoms with E-state index in [0.717, 1.165) is 3.79 Å². The molecule has 0 aliphatic heterocycles. The number of hydrogen-bond donors (Lipinski definition) is 2. The average molecular weight is 273 g/mol. The van der Waals surface area contributed by atoms with Crippen molar-refractivity contribution in [2.75, 3.05) is 18.5 Å². The van der Waals surface area contributed by atoms with E-state index in [0.29, 0.717) is 5.13 Å². The number of aliphatic hydroxyl groups excluding tert-OH is 1. The van der Waals surface area contributed by atoms with Crippen molar-refractivity contribution in [3.63, 3.8) is 0 Å². The fraction of sp³-hybridized carbons (Fsp3) is 0.500. The Balaban J connectivity index is 2.43. The molecule has 0 fully saturated rings. The molecule has 3 nitrogen and oxygen atoms in total. The van der Waals surface area contributed by atoms with Gasteiger partial charge in [0.15, 0.2) is 5.13 Å². The summed E-state index contributed by atoms with van der Waals surface area (Å²) in [7, 11) is 0. The first-order valence-electron chi connectivity index (χ1n) is 3.37. The standard InChI is InChI=1S/C6H7BrF2N2OS/c7-4-1-10-5(13-4)11-2-6(8,9)3-12/h1,12H,2-3H2,(H,10,11). The van der Waals surface area contributed by atoms with Gasteiger partial charge in [-0.1, -0.05) is 11.3 Å².